The average molecular weight is 587 g/mol. The van der Waals surface area contributed by atoms with Gasteiger partial charge in [-0.15, -0.1) is 11.3 Å². The minimum atomic E-state index is 1.27. The molecule has 1 heteroatoms. The van der Waals surface area contributed by atoms with Gasteiger partial charge in [-0.2, -0.15) is 0 Å². The molecule has 0 atom stereocenters. The van der Waals surface area contributed by atoms with E-state index in [4.69, 9.17) is 0 Å². The van der Waals surface area contributed by atoms with E-state index in [1.165, 1.54) is 96.3 Å². The Morgan fingerprint density at radius 1 is 0.267 bits per heavy atom. The Balaban J connectivity index is 1.35. The summed E-state index contributed by atoms with van der Waals surface area (Å²) in [6.45, 7) is 0. The Kier molecular flexibility index (Phi) is 5.25. The Bertz CT molecular complexity index is 2820. The van der Waals surface area contributed by atoms with E-state index in [-0.39, 0.29) is 0 Å². The summed E-state index contributed by atoms with van der Waals surface area (Å²) in [5, 5.41) is 15.6. The molecule has 208 valence electrons. The summed E-state index contributed by atoms with van der Waals surface area (Å²) in [6, 6.07) is 58.5. The van der Waals surface area contributed by atoms with E-state index in [0.29, 0.717) is 0 Å². The van der Waals surface area contributed by atoms with Crippen LogP contribution in [0.1, 0.15) is 0 Å². The second-order valence-electron chi connectivity index (χ2n) is 12.0. The fourth-order valence-corrected chi connectivity index (χ4v) is 8.86. The van der Waals surface area contributed by atoms with E-state index in [1.54, 1.807) is 0 Å². The molecule has 0 aliphatic carbocycles. The lowest BCUT2D eigenvalue weighted by molar-refractivity contribution is 1.71. The van der Waals surface area contributed by atoms with Gasteiger partial charge in [-0.05, 0) is 94.8 Å². The smallest absolute Gasteiger partial charge is 0.0434 e. The molecular weight excluding hydrogens is 561 g/mol. The van der Waals surface area contributed by atoms with Crippen LogP contribution in [0.4, 0.5) is 0 Å². The fraction of sp³-hybridized carbons (Fsp3) is 0. The SMILES string of the molecule is c1ccc2c(c1)cc(-c1cc3c4ccccc4c(-c4cccc5c4sc4ccccc45)cc3c3ccccc13)c1ccccc12. The molecule has 45 heavy (non-hydrogen) atoms. The van der Waals surface area contributed by atoms with E-state index < -0.39 is 0 Å². The third-order valence-corrected chi connectivity index (χ3v) is 10.9. The lowest BCUT2D eigenvalue weighted by Crippen LogP contribution is -1.90. The summed E-state index contributed by atoms with van der Waals surface area (Å²) in [5.74, 6) is 0. The Labute approximate surface area is 264 Å². The summed E-state index contributed by atoms with van der Waals surface area (Å²) in [4.78, 5) is 0. The lowest BCUT2D eigenvalue weighted by atomic mass is 9.86. The van der Waals surface area contributed by atoms with Gasteiger partial charge < -0.3 is 0 Å². The van der Waals surface area contributed by atoms with Crippen molar-refractivity contribution in [2.45, 2.75) is 0 Å². The minimum absolute atomic E-state index is 1.27. The van der Waals surface area contributed by atoms with E-state index in [1.807, 2.05) is 11.3 Å². The van der Waals surface area contributed by atoms with Gasteiger partial charge in [0.15, 0.2) is 0 Å². The first kappa shape index (κ1) is 24.9. The Morgan fingerprint density at radius 3 is 1.36 bits per heavy atom. The molecule has 0 spiro atoms. The van der Waals surface area contributed by atoms with Crippen LogP contribution in [0.3, 0.4) is 0 Å². The highest BCUT2D eigenvalue weighted by Gasteiger charge is 2.18. The number of fused-ring (bicyclic) bond motifs is 11. The van der Waals surface area contributed by atoms with Crippen LogP contribution in [0, 0.1) is 0 Å². The van der Waals surface area contributed by atoms with Crippen LogP contribution in [-0.2, 0) is 0 Å². The first-order valence-corrected chi connectivity index (χ1v) is 16.3. The second kappa shape index (κ2) is 9.50. The van der Waals surface area contributed by atoms with Crippen LogP contribution in [0.25, 0.3) is 96.3 Å². The van der Waals surface area contributed by atoms with Gasteiger partial charge in [0.05, 0.1) is 0 Å². The molecule has 10 rings (SSSR count). The fourth-order valence-electron chi connectivity index (χ4n) is 7.63. The van der Waals surface area contributed by atoms with Crippen LogP contribution in [0.5, 0.6) is 0 Å². The van der Waals surface area contributed by atoms with Crippen molar-refractivity contribution >= 4 is 85.4 Å². The van der Waals surface area contributed by atoms with Crippen molar-refractivity contribution in [3.63, 3.8) is 0 Å². The van der Waals surface area contributed by atoms with Gasteiger partial charge in [0, 0.05) is 25.7 Å². The lowest BCUT2D eigenvalue weighted by Gasteiger charge is -2.18. The van der Waals surface area contributed by atoms with Crippen molar-refractivity contribution in [3.05, 3.63) is 158 Å². The van der Waals surface area contributed by atoms with Gasteiger partial charge in [0.1, 0.15) is 0 Å². The minimum Gasteiger partial charge on any atom is -0.135 e. The van der Waals surface area contributed by atoms with E-state index in [2.05, 4.69) is 158 Å². The quantitative estimate of drug-likeness (QED) is 0.177. The molecule has 0 radical (unpaired) electrons. The number of rotatable bonds is 2. The number of hydrogen-bond donors (Lipinski definition) is 0. The molecule has 0 aliphatic rings. The van der Waals surface area contributed by atoms with E-state index >= 15 is 0 Å². The van der Waals surface area contributed by atoms with Gasteiger partial charge in [-0.3, -0.25) is 0 Å². The van der Waals surface area contributed by atoms with Crippen LogP contribution in [-0.4, -0.2) is 0 Å². The first-order chi connectivity index (χ1) is 22.3. The van der Waals surface area contributed by atoms with Crippen LogP contribution < -0.4 is 0 Å². The molecule has 0 fully saturated rings. The summed E-state index contributed by atoms with van der Waals surface area (Å²) in [5.41, 5.74) is 5.17. The summed E-state index contributed by atoms with van der Waals surface area (Å²) >= 11 is 1.90. The zero-order chi connectivity index (χ0) is 29.5. The molecule has 0 aliphatic heterocycles. The third-order valence-electron chi connectivity index (χ3n) is 9.63. The molecule has 1 aromatic heterocycles. The second-order valence-corrected chi connectivity index (χ2v) is 13.1. The maximum absolute atomic E-state index is 2.46. The predicted molar refractivity (Wildman–Crippen MR) is 198 cm³/mol. The zero-order valence-electron chi connectivity index (χ0n) is 24.4. The molecule has 1 heterocycles. The summed E-state index contributed by atoms with van der Waals surface area (Å²) in [6.07, 6.45) is 0. The van der Waals surface area contributed by atoms with Gasteiger partial charge >= 0.3 is 0 Å². The Morgan fingerprint density at radius 2 is 0.711 bits per heavy atom. The molecule has 0 saturated carbocycles. The largest absolute Gasteiger partial charge is 0.135 e. The van der Waals surface area contributed by atoms with Crippen LogP contribution in [0.2, 0.25) is 0 Å². The molecular formula is C44H26S. The number of thiophene rings is 1. The van der Waals surface area contributed by atoms with Gasteiger partial charge in [0.25, 0.3) is 0 Å². The van der Waals surface area contributed by atoms with Gasteiger partial charge in [-0.25, -0.2) is 0 Å². The molecule has 0 amide bonds. The van der Waals surface area contributed by atoms with E-state index in [0.717, 1.165) is 0 Å². The van der Waals surface area contributed by atoms with Crippen molar-refractivity contribution in [2.75, 3.05) is 0 Å². The highest BCUT2D eigenvalue weighted by molar-refractivity contribution is 7.26. The summed E-state index contributed by atoms with van der Waals surface area (Å²) < 4.78 is 2.69. The third kappa shape index (κ3) is 3.59. The zero-order valence-corrected chi connectivity index (χ0v) is 25.2. The molecule has 0 unspecified atom stereocenters. The molecule has 0 nitrogen and oxygen atoms in total. The normalized spacial score (nSPS) is 12.0. The monoisotopic (exact) mass is 586 g/mol. The maximum Gasteiger partial charge on any atom is 0.0434 e. The predicted octanol–water partition coefficient (Wildman–Crippen LogP) is 13.2. The highest BCUT2D eigenvalue weighted by Crippen LogP contribution is 2.46. The summed E-state index contributed by atoms with van der Waals surface area (Å²) in [7, 11) is 0. The molecule has 0 bridgehead atoms. The Hall–Kier alpha value is -5.50. The van der Waals surface area contributed by atoms with Crippen molar-refractivity contribution in [3.8, 4) is 22.3 Å². The number of benzene rings is 9. The van der Waals surface area contributed by atoms with Crippen molar-refractivity contribution in [2.24, 2.45) is 0 Å². The van der Waals surface area contributed by atoms with Crippen molar-refractivity contribution in [1.82, 2.24) is 0 Å². The van der Waals surface area contributed by atoms with E-state index in [9.17, 15) is 0 Å². The molecule has 9 aromatic carbocycles. The highest BCUT2D eigenvalue weighted by atomic mass is 32.1. The molecule has 0 N–H and O–H groups in total. The van der Waals surface area contributed by atoms with Crippen LogP contribution >= 0.6 is 11.3 Å². The average Bonchev–Trinajstić information content (AvgIpc) is 3.50. The van der Waals surface area contributed by atoms with Gasteiger partial charge in [0.2, 0.25) is 0 Å². The van der Waals surface area contributed by atoms with Crippen LogP contribution in [0.15, 0.2) is 158 Å². The number of hydrogen-bond acceptors (Lipinski definition) is 1. The van der Waals surface area contributed by atoms with Gasteiger partial charge in [-0.1, -0.05) is 133 Å². The topological polar surface area (TPSA) is 0 Å². The standard InChI is InChI=1S/C44H26S/c1-2-13-28-27(12-1)24-38(30-15-4-3-14-29(28)30)40-26-42-32-17-6-5-16-31(32)39(25-41(42)34-19-8-7-18-33(34)40)37-22-11-21-36-35-20-9-10-23-43(35)45-44(36)37/h1-26H. The van der Waals surface area contributed by atoms with Crippen molar-refractivity contribution < 1.29 is 0 Å². The first-order valence-electron chi connectivity index (χ1n) is 15.5. The van der Waals surface area contributed by atoms with Crippen molar-refractivity contribution in [1.29, 1.82) is 0 Å². The molecule has 10 aromatic rings. The maximum atomic E-state index is 2.46. The molecule has 0 saturated heterocycles.